The van der Waals surface area contributed by atoms with Gasteiger partial charge >= 0.3 is 11.9 Å². The summed E-state index contributed by atoms with van der Waals surface area (Å²) in [7, 11) is 1.20. The van der Waals surface area contributed by atoms with E-state index in [0.29, 0.717) is 0 Å². The van der Waals surface area contributed by atoms with Crippen LogP contribution in [-0.2, 0) is 9.47 Å². The number of rotatable bonds is 5. The van der Waals surface area contributed by atoms with Crippen molar-refractivity contribution in [3.05, 3.63) is 52.1 Å². The minimum Gasteiger partial charge on any atom is -0.465 e. The third-order valence-electron chi connectivity index (χ3n) is 2.95. The van der Waals surface area contributed by atoms with Gasteiger partial charge in [0.15, 0.2) is 0 Å². The molecule has 2 rings (SSSR count). The number of carbonyl (C=O) groups excluding carboxylic acids is 2. The average molecular weight is 319 g/mol. The van der Waals surface area contributed by atoms with Gasteiger partial charge in [-0.05, 0) is 19.1 Å². The molecule has 0 saturated heterocycles. The van der Waals surface area contributed by atoms with E-state index >= 15 is 0 Å². The number of methoxy groups -OCH3 is 1. The number of carbonyl (C=O) groups is 2. The number of esters is 2. The Morgan fingerprint density at radius 1 is 1.35 bits per heavy atom. The molecule has 1 aromatic heterocycles. The second-order valence-corrected chi connectivity index (χ2v) is 4.29. The molecule has 23 heavy (non-hydrogen) atoms. The van der Waals surface area contributed by atoms with Gasteiger partial charge < -0.3 is 9.47 Å². The van der Waals surface area contributed by atoms with E-state index in [1.807, 2.05) is 0 Å². The van der Waals surface area contributed by atoms with Crippen LogP contribution in [0.4, 0.5) is 5.69 Å². The Kier molecular flexibility index (Phi) is 4.69. The molecule has 0 aliphatic rings. The topological polar surface area (TPSA) is 114 Å². The van der Waals surface area contributed by atoms with Gasteiger partial charge in [-0.3, -0.25) is 14.7 Å². The highest BCUT2D eigenvalue weighted by Gasteiger charge is 2.23. The number of hydrogen-bond donors (Lipinski definition) is 0. The van der Waals surface area contributed by atoms with Crippen molar-refractivity contribution in [2.75, 3.05) is 13.7 Å². The van der Waals surface area contributed by atoms with Crippen LogP contribution < -0.4 is 0 Å². The summed E-state index contributed by atoms with van der Waals surface area (Å²) in [4.78, 5) is 38.0. The Bertz CT molecular complexity index is 768. The van der Waals surface area contributed by atoms with Crippen molar-refractivity contribution in [1.29, 1.82) is 0 Å². The van der Waals surface area contributed by atoms with E-state index < -0.39 is 16.9 Å². The molecule has 0 saturated carbocycles. The summed E-state index contributed by atoms with van der Waals surface area (Å²) >= 11 is 0. The van der Waals surface area contributed by atoms with Crippen LogP contribution in [-0.4, -0.2) is 40.1 Å². The summed E-state index contributed by atoms with van der Waals surface area (Å²) in [5.74, 6) is -1.51. The van der Waals surface area contributed by atoms with E-state index in [2.05, 4.69) is 9.72 Å². The van der Waals surface area contributed by atoms with E-state index in [-0.39, 0.29) is 29.4 Å². The second kappa shape index (κ2) is 6.69. The van der Waals surface area contributed by atoms with E-state index in [4.69, 9.17) is 4.74 Å². The molecule has 0 fully saturated rings. The first-order valence-electron chi connectivity index (χ1n) is 6.57. The molecule has 0 atom stereocenters. The molecular formula is C14H13N3O6. The maximum absolute atomic E-state index is 11.9. The molecule has 9 nitrogen and oxygen atoms in total. The van der Waals surface area contributed by atoms with E-state index in [1.54, 1.807) is 6.92 Å². The lowest BCUT2D eigenvalue weighted by molar-refractivity contribution is -0.384. The quantitative estimate of drug-likeness (QED) is 0.468. The van der Waals surface area contributed by atoms with E-state index in [0.717, 1.165) is 6.07 Å². The first-order valence-corrected chi connectivity index (χ1v) is 6.57. The fourth-order valence-electron chi connectivity index (χ4n) is 1.96. The van der Waals surface area contributed by atoms with Crippen molar-refractivity contribution in [2.45, 2.75) is 6.92 Å². The highest BCUT2D eigenvalue weighted by Crippen LogP contribution is 2.26. The van der Waals surface area contributed by atoms with Crippen molar-refractivity contribution in [1.82, 2.24) is 9.55 Å². The number of aromatic nitrogens is 2. The van der Waals surface area contributed by atoms with Crippen LogP contribution in [0.3, 0.4) is 0 Å². The molecule has 0 aliphatic heterocycles. The molecule has 0 spiro atoms. The lowest BCUT2D eigenvalue weighted by atomic mass is 10.1. The van der Waals surface area contributed by atoms with Crippen LogP contribution in [0.2, 0.25) is 0 Å². The second-order valence-electron chi connectivity index (χ2n) is 4.29. The maximum Gasteiger partial charge on any atom is 0.374 e. The predicted molar refractivity (Wildman–Crippen MR) is 77.5 cm³/mol. The molecule has 0 amide bonds. The Hall–Kier alpha value is -3.23. The fourth-order valence-corrected chi connectivity index (χ4v) is 1.96. The third kappa shape index (κ3) is 3.18. The number of nitro benzene ring substituents is 1. The number of nitrogens with zero attached hydrogens (tertiary/aromatic N) is 3. The minimum absolute atomic E-state index is 0.0125. The summed E-state index contributed by atoms with van der Waals surface area (Å²) < 4.78 is 10.7. The van der Waals surface area contributed by atoms with E-state index in [9.17, 15) is 19.7 Å². The molecule has 0 aliphatic carbocycles. The van der Waals surface area contributed by atoms with Crippen molar-refractivity contribution >= 4 is 17.6 Å². The lowest BCUT2D eigenvalue weighted by Gasteiger charge is -2.09. The van der Waals surface area contributed by atoms with Gasteiger partial charge in [-0.2, -0.15) is 0 Å². The van der Waals surface area contributed by atoms with Crippen LogP contribution in [0.1, 0.15) is 27.9 Å². The largest absolute Gasteiger partial charge is 0.465 e. The summed E-state index contributed by atoms with van der Waals surface area (Å²) in [5, 5.41) is 11.2. The molecule has 0 bridgehead atoms. The zero-order valence-corrected chi connectivity index (χ0v) is 12.4. The standard InChI is InChI=1S/C14H13N3O6/c1-3-23-14(19)12-15-6-7-16(12)11-8-9(13(18)22-2)4-5-10(11)17(20)21/h4-8H,3H2,1-2H3. The monoisotopic (exact) mass is 319 g/mol. The molecule has 1 aromatic carbocycles. The van der Waals surface area contributed by atoms with Crippen LogP contribution in [0, 0.1) is 10.1 Å². The van der Waals surface area contributed by atoms with E-state index in [1.165, 1.54) is 36.2 Å². The Labute approximate surface area is 130 Å². The normalized spacial score (nSPS) is 10.2. The third-order valence-corrected chi connectivity index (χ3v) is 2.95. The fraction of sp³-hybridized carbons (Fsp3) is 0.214. The summed E-state index contributed by atoms with van der Waals surface area (Å²) in [6.45, 7) is 1.77. The van der Waals surface area contributed by atoms with Gasteiger partial charge in [0, 0.05) is 18.5 Å². The average Bonchev–Trinajstić information content (AvgIpc) is 3.03. The maximum atomic E-state index is 11.9. The van der Waals surface area contributed by atoms with Crippen molar-refractivity contribution in [3.8, 4) is 5.69 Å². The highest BCUT2D eigenvalue weighted by molar-refractivity contribution is 5.91. The molecule has 0 N–H and O–H groups in total. The summed E-state index contributed by atoms with van der Waals surface area (Å²) in [6, 6.07) is 3.69. The Morgan fingerprint density at radius 2 is 2.09 bits per heavy atom. The van der Waals surface area contributed by atoms with Gasteiger partial charge in [-0.1, -0.05) is 0 Å². The number of imidazole rings is 1. The minimum atomic E-state index is -0.727. The molecule has 0 radical (unpaired) electrons. The first kappa shape index (κ1) is 16.1. The SMILES string of the molecule is CCOC(=O)c1nccn1-c1cc(C(=O)OC)ccc1[N+](=O)[O-]. The van der Waals surface area contributed by atoms with Crippen molar-refractivity contribution in [3.63, 3.8) is 0 Å². The van der Waals surface area contributed by atoms with Crippen LogP contribution in [0.15, 0.2) is 30.6 Å². The number of ether oxygens (including phenoxy) is 2. The molecule has 2 aromatic rings. The predicted octanol–water partition coefficient (Wildman–Crippen LogP) is 1.74. The number of nitro groups is 1. The molecule has 0 unspecified atom stereocenters. The molecule has 120 valence electrons. The highest BCUT2D eigenvalue weighted by atomic mass is 16.6. The molecule has 9 heteroatoms. The van der Waals surface area contributed by atoms with Crippen LogP contribution in [0.5, 0.6) is 0 Å². The van der Waals surface area contributed by atoms with Crippen LogP contribution in [0.25, 0.3) is 5.69 Å². The summed E-state index contributed by atoms with van der Waals surface area (Å²) in [5.41, 5.74) is -0.170. The van der Waals surface area contributed by atoms with Crippen molar-refractivity contribution in [2.24, 2.45) is 0 Å². The van der Waals surface area contributed by atoms with Gasteiger partial charge in [0.2, 0.25) is 5.82 Å². The Balaban J connectivity index is 2.61. The van der Waals surface area contributed by atoms with Crippen molar-refractivity contribution < 1.29 is 24.0 Å². The summed E-state index contributed by atoms with van der Waals surface area (Å²) in [6.07, 6.45) is 2.68. The first-order chi connectivity index (χ1) is 11.0. The van der Waals surface area contributed by atoms with Gasteiger partial charge in [0.05, 0.1) is 24.2 Å². The van der Waals surface area contributed by atoms with Gasteiger partial charge in [0.1, 0.15) is 5.69 Å². The number of hydrogen-bond acceptors (Lipinski definition) is 7. The number of benzene rings is 1. The Morgan fingerprint density at radius 3 is 2.70 bits per heavy atom. The zero-order chi connectivity index (χ0) is 17.0. The van der Waals surface area contributed by atoms with Gasteiger partial charge in [0.25, 0.3) is 5.69 Å². The zero-order valence-electron chi connectivity index (χ0n) is 12.4. The van der Waals surface area contributed by atoms with Crippen LogP contribution >= 0.6 is 0 Å². The molecular weight excluding hydrogens is 306 g/mol. The smallest absolute Gasteiger partial charge is 0.374 e. The lowest BCUT2D eigenvalue weighted by Crippen LogP contribution is -2.14. The molecule has 1 heterocycles. The van der Waals surface area contributed by atoms with Gasteiger partial charge in [-0.25, -0.2) is 14.6 Å². The van der Waals surface area contributed by atoms with Gasteiger partial charge in [-0.15, -0.1) is 0 Å².